The zero-order valence-electron chi connectivity index (χ0n) is 7.12. The van der Waals surface area contributed by atoms with Crippen molar-refractivity contribution in [1.82, 2.24) is 0 Å². The van der Waals surface area contributed by atoms with E-state index in [1.165, 1.54) is 25.7 Å². The van der Waals surface area contributed by atoms with Gasteiger partial charge in [0.25, 0.3) is 0 Å². The van der Waals surface area contributed by atoms with Crippen molar-refractivity contribution in [1.29, 1.82) is 5.26 Å². The molecule has 2 unspecified atom stereocenters. The molecule has 0 amide bonds. The van der Waals surface area contributed by atoms with Crippen molar-refractivity contribution in [2.75, 3.05) is 0 Å². The molecule has 64 valence electrons. The first kappa shape index (κ1) is 7.79. The van der Waals surface area contributed by atoms with Gasteiger partial charge in [-0.15, -0.1) is 0 Å². The van der Waals surface area contributed by atoms with Crippen LogP contribution in [0.1, 0.15) is 32.1 Å². The SMILES string of the molecule is N#CCC(=O)C1C2CCCCC21. The molecule has 2 fully saturated rings. The number of fused-ring (bicyclic) bond motifs is 1. The van der Waals surface area contributed by atoms with E-state index < -0.39 is 0 Å². The van der Waals surface area contributed by atoms with E-state index in [4.69, 9.17) is 5.26 Å². The summed E-state index contributed by atoms with van der Waals surface area (Å²) >= 11 is 0. The molecule has 0 aromatic rings. The Labute approximate surface area is 72.6 Å². The number of rotatable bonds is 2. The van der Waals surface area contributed by atoms with Gasteiger partial charge in [-0.25, -0.2) is 0 Å². The van der Waals surface area contributed by atoms with E-state index in [0.717, 1.165) is 0 Å². The molecule has 0 N–H and O–H groups in total. The van der Waals surface area contributed by atoms with Gasteiger partial charge < -0.3 is 0 Å². The topological polar surface area (TPSA) is 40.9 Å². The Morgan fingerprint density at radius 3 is 2.42 bits per heavy atom. The molecule has 0 aliphatic heterocycles. The van der Waals surface area contributed by atoms with Gasteiger partial charge >= 0.3 is 0 Å². The standard InChI is InChI=1S/C10H13NO/c11-6-5-9(12)10-7-3-1-2-4-8(7)10/h7-8,10H,1-5H2. The highest BCUT2D eigenvalue weighted by Crippen LogP contribution is 2.55. The number of carbonyl (C=O) groups excluding carboxylic acids is 1. The highest BCUT2D eigenvalue weighted by molar-refractivity contribution is 5.86. The second-order valence-electron chi connectivity index (χ2n) is 3.94. The van der Waals surface area contributed by atoms with Crippen LogP contribution < -0.4 is 0 Å². The highest BCUT2D eigenvalue weighted by atomic mass is 16.1. The van der Waals surface area contributed by atoms with E-state index in [1.54, 1.807) is 0 Å². The normalized spacial score (nSPS) is 38.1. The van der Waals surface area contributed by atoms with Crippen molar-refractivity contribution in [2.24, 2.45) is 17.8 Å². The third-order valence-electron chi connectivity index (χ3n) is 3.28. The maximum absolute atomic E-state index is 11.3. The van der Waals surface area contributed by atoms with Gasteiger partial charge in [-0.2, -0.15) is 5.26 Å². The summed E-state index contributed by atoms with van der Waals surface area (Å²) in [5.41, 5.74) is 0. The minimum Gasteiger partial charge on any atom is -0.298 e. The summed E-state index contributed by atoms with van der Waals surface area (Å²) in [6, 6.07) is 1.95. The van der Waals surface area contributed by atoms with Gasteiger partial charge in [-0.1, -0.05) is 12.8 Å². The van der Waals surface area contributed by atoms with E-state index in [1.807, 2.05) is 6.07 Å². The second kappa shape index (κ2) is 2.90. The molecule has 0 aromatic heterocycles. The van der Waals surface area contributed by atoms with E-state index in [2.05, 4.69) is 0 Å². The summed E-state index contributed by atoms with van der Waals surface area (Å²) in [6.45, 7) is 0. The molecule has 0 heterocycles. The number of Topliss-reactive ketones (excluding diaryl/α,β-unsaturated/α-hetero) is 1. The number of ketones is 1. The van der Waals surface area contributed by atoms with Gasteiger partial charge in [0.15, 0.2) is 5.78 Å². The molecular formula is C10H13NO. The van der Waals surface area contributed by atoms with E-state index in [0.29, 0.717) is 11.8 Å². The lowest BCUT2D eigenvalue weighted by molar-refractivity contribution is -0.119. The van der Waals surface area contributed by atoms with Crippen molar-refractivity contribution in [2.45, 2.75) is 32.1 Å². The smallest absolute Gasteiger partial charge is 0.150 e. The molecule has 0 bridgehead atoms. The highest BCUT2D eigenvalue weighted by Gasteiger charge is 2.53. The monoisotopic (exact) mass is 163 g/mol. The molecule has 0 spiro atoms. The first-order chi connectivity index (χ1) is 5.84. The predicted molar refractivity (Wildman–Crippen MR) is 44.2 cm³/mol. The Morgan fingerprint density at radius 2 is 1.92 bits per heavy atom. The largest absolute Gasteiger partial charge is 0.298 e. The first-order valence-corrected chi connectivity index (χ1v) is 4.74. The quantitative estimate of drug-likeness (QED) is 0.623. The fourth-order valence-electron chi connectivity index (χ4n) is 2.67. The summed E-state index contributed by atoms with van der Waals surface area (Å²) in [4.78, 5) is 11.3. The van der Waals surface area contributed by atoms with Crippen LogP contribution in [0.5, 0.6) is 0 Å². The lowest BCUT2D eigenvalue weighted by atomic mass is 10.0. The molecule has 2 aliphatic carbocycles. The average Bonchev–Trinajstić information content (AvgIpc) is 2.78. The van der Waals surface area contributed by atoms with Crippen LogP contribution in [0.15, 0.2) is 0 Å². The Kier molecular flexibility index (Phi) is 1.88. The summed E-state index contributed by atoms with van der Waals surface area (Å²) in [5, 5.41) is 8.38. The van der Waals surface area contributed by atoms with Crippen LogP contribution >= 0.6 is 0 Å². The molecule has 2 atom stereocenters. The van der Waals surface area contributed by atoms with Gasteiger partial charge in [-0.05, 0) is 24.7 Å². The molecule has 0 aromatic carbocycles. The van der Waals surface area contributed by atoms with E-state index in [9.17, 15) is 4.79 Å². The average molecular weight is 163 g/mol. The van der Waals surface area contributed by atoms with Crippen LogP contribution in [0.25, 0.3) is 0 Å². The lowest BCUT2D eigenvalue weighted by Gasteiger charge is -2.04. The van der Waals surface area contributed by atoms with Crippen LogP contribution in [0.3, 0.4) is 0 Å². The van der Waals surface area contributed by atoms with Crippen molar-refractivity contribution < 1.29 is 4.79 Å². The third-order valence-corrected chi connectivity index (χ3v) is 3.28. The molecule has 2 heteroatoms. The van der Waals surface area contributed by atoms with Crippen LogP contribution in [0.2, 0.25) is 0 Å². The molecule has 12 heavy (non-hydrogen) atoms. The predicted octanol–water partition coefficient (Wildman–Crippen LogP) is 1.91. The van der Waals surface area contributed by atoms with Crippen molar-refractivity contribution in [3.05, 3.63) is 0 Å². The molecule has 0 saturated heterocycles. The van der Waals surface area contributed by atoms with Gasteiger partial charge in [-0.3, -0.25) is 4.79 Å². The lowest BCUT2D eigenvalue weighted by Crippen LogP contribution is -2.01. The maximum Gasteiger partial charge on any atom is 0.150 e. The molecule has 2 nitrogen and oxygen atoms in total. The van der Waals surface area contributed by atoms with Gasteiger partial charge in [0.05, 0.1) is 12.5 Å². The minimum absolute atomic E-state index is 0.137. The van der Waals surface area contributed by atoms with Crippen LogP contribution in [-0.4, -0.2) is 5.78 Å². The maximum atomic E-state index is 11.3. The molecule has 0 radical (unpaired) electrons. The number of nitrogens with zero attached hydrogens (tertiary/aromatic N) is 1. The number of hydrogen-bond donors (Lipinski definition) is 0. The van der Waals surface area contributed by atoms with Crippen molar-refractivity contribution in [3.8, 4) is 6.07 Å². The third kappa shape index (κ3) is 1.14. The second-order valence-corrected chi connectivity index (χ2v) is 3.94. The summed E-state index contributed by atoms with van der Waals surface area (Å²) in [6.07, 6.45) is 5.17. The fraction of sp³-hybridized carbons (Fsp3) is 0.800. The van der Waals surface area contributed by atoms with Crippen LogP contribution in [0, 0.1) is 29.1 Å². The molecule has 2 rings (SSSR count). The molecular weight excluding hydrogens is 150 g/mol. The van der Waals surface area contributed by atoms with Gasteiger partial charge in [0.2, 0.25) is 0 Å². The fourth-order valence-corrected chi connectivity index (χ4v) is 2.67. The molecule has 2 aliphatic rings. The summed E-state index contributed by atoms with van der Waals surface area (Å²) < 4.78 is 0. The zero-order chi connectivity index (χ0) is 8.55. The Balaban J connectivity index is 1.92. The van der Waals surface area contributed by atoms with E-state index in [-0.39, 0.29) is 18.1 Å². The summed E-state index contributed by atoms with van der Waals surface area (Å²) in [5.74, 6) is 1.82. The summed E-state index contributed by atoms with van der Waals surface area (Å²) in [7, 11) is 0. The van der Waals surface area contributed by atoms with Crippen LogP contribution in [-0.2, 0) is 4.79 Å². The van der Waals surface area contributed by atoms with Crippen molar-refractivity contribution >= 4 is 5.78 Å². The van der Waals surface area contributed by atoms with Gasteiger partial charge in [0.1, 0.15) is 0 Å². The Bertz CT molecular complexity index is 229. The number of nitriles is 1. The molecule has 2 saturated carbocycles. The van der Waals surface area contributed by atoms with Crippen molar-refractivity contribution in [3.63, 3.8) is 0 Å². The first-order valence-electron chi connectivity index (χ1n) is 4.74. The number of hydrogen-bond acceptors (Lipinski definition) is 2. The zero-order valence-corrected chi connectivity index (χ0v) is 7.12. The minimum atomic E-state index is 0.137. The van der Waals surface area contributed by atoms with E-state index >= 15 is 0 Å². The van der Waals surface area contributed by atoms with Crippen LogP contribution in [0.4, 0.5) is 0 Å². The Hall–Kier alpha value is -0.840. The van der Waals surface area contributed by atoms with Gasteiger partial charge in [0, 0.05) is 5.92 Å². The Morgan fingerprint density at radius 1 is 1.33 bits per heavy atom. The number of carbonyl (C=O) groups is 1.